The van der Waals surface area contributed by atoms with Crippen LogP contribution in [0.25, 0.3) is 0 Å². The zero-order chi connectivity index (χ0) is 18.4. The Morgan fingerprint density at radius 3 is 3.00 bits per heavy atom. The fraction of sp³-hybridized carbons (Fsp3) is 0.579. The molecule has 1 fully saturated rings. The van der Waals surface area contributed by atoms with Crippen molar-refractivity contribution < 1.29 is 0 Å². The average Bonchev–Trinajstić information content (AvgIpc) is 3.29. The molecular weight excluding hydrogens is 362 g/mol. The number of aromatic nitrogens is 1. The monoisotopic (exact) mass is 391 g/mol. The van der Waals surface area contributed by atoms with Crippen molar-refractivity contribution in [2.45, 2.75) is 39.3 Å². The molecule has 5 nitrogen and oxygen atoms in total. The first kappa shape index (κ1) is 19.3. The summed E-state index contributed by atoms with van der Waals surface area (Å²) >= 11 is 3.58. The van der Waals surface area contributed by atoms with Gasteiger partial charge in [0.15, 0.2) is 5.96 Å². The molecule has 3 rings (SSSR count). The van der Waals surface area contributed by atoms with Crippen LogP contribution >= 0.6 is 22.7 Å². The summed E-state index contributed by atoms with van der Waals surface area (Å²) < 4.78 is 0. The average molecular weight is 392 g/mol. The molecule has 2 N–H and O–H groups in total. The van der Waals surface area contributed by atoms with Crippen molar-refractivity contribution in [2.75, 3.05) is 26.7 Å². The zero-order valence-electron chi connectivity index (χ0n) is 15.9. The summed E-state index contributed by atoms with van der Waals surface area (Å²) in [5.74, 6) is 1.48. The Kier molecular flexibility index (Phi) is 7.05. The highest BCUT2D eigenvalue weighted by Crippen LogP contribution is 2.36. The quantitative estimate of drug-likeness (QED) is 0.583. The van der Waals surface area contributed by atoms with Crippen molar-refractivity contribution in [1.82, 2.24) is 20.5 Å². The molecule has 2 aromatic rings. The van der Waals surface area contributed by atoms with Crippen molar-refractivity contribution in [3.8, 4) is 0 Å². The summed E-state index contributed by atoms with van der Waals surface area (Å²) in [5, 5.41) is 10.2. The number of aryl methyl sites for hydroxylation is 1. The fourth-order valence-corrected chi connectivity index (χ4v) is 5.27. The summed E-state index contributed by atoms with van der Waals surface area (Å²) in [7, 11) is 2.25. The SMILES string of the molecule is CCNC(=NCc1ncc(C)s1)NCC1CCCN(C)C1c1cccs1. The summed E-state index contributed by atoms with van der Waals surface area (Å²) in [5.41, 5.74) is 0. The van der Waals surface area contributed by atoms with Gasteiger partial charge in [0.1, 0.15) is 5.01 Å². The molecule has 2 atom stereocenters. The second-order valence-corrected chi connectivity index (χ2v) is 9.08. The summed E-state index contributed by atoms with van der Waals surface area (Å²) in [4.78, 5) is 14.3. The fourth-order valence-electron chi connectivity index (χ4n) is 3.57. The number of rotatable bonds is 6. The number of aliphatic imine (C=N–C) groups is 1. The Morgan fingerprint density at radius 1 is 1.42 bits per heavy atom. The van der Waals surface area contributed by atoms with Gasteiger partial charge in [-0.1, -0.05) is 6.07 Å². The maximum atomic E-state index is 4.72. The first-order chi connectivity index (χ1) is 12.7. The smallest absolute Gasteiger partial charge is 0.191 e. The number of piperidine rings is 1. The standard InChI is InChI=1S/C19H29N5S2/c1-4-20-19(23-13-17-21-11-14(2)26-17)22-12-15-7-5-9-24(3)18(15)16-8-6-10-25-16/h6,8,10-11,15,18H,4-5,7,9,12-13H2,1-3H3,(H2,20,22,23). The Labute approximate surface area is 164 Å². The Hall–Kier alpha value is -1.44. The molecule has 26 heavy (non-hydrogen) atoms. The number of nitrogens with zero attached hydrogens (tertiary/aromatic N) is 3. The van der Waals surface area contributed by atoms with Crippen molar-refractivity contribution in [3.63, 3.8) is 0 Å². The number of likely N-dealkylation sites (tertiary alicyclic amines) is 1. The van der Waals surface area contributed by atoms with Crippen molar-refractivity contribution in [2.24, 2.45) is 10.9 Å². The van der Waals surface area contributed by atoms with Gasteiger partial charge in [0.25, 0.3) is 0 Å². The molecule has 2 aromatic heterocycles. The molecule has 2 unspecified atom stereocenters. The van der Waals surface area contributed by atoms with E-state index in [1.807, 2.05) is 17.5 Å². The molecule has 3 heterocycles. The summed E-state index contributed by atoms with van der Waals surface area (Å²) in [6.45, 7) is 7.80. The van der Waals surface area contributed by atoms with Crippen LogP contribution in [-0.2, 0) is 6.54 Å². The number of hydrogen-bond donors (Lipinski definition) is 2. The topological polar surface area (TPSA) is 52.6 Å². The third-order valence-corrected chi connectivity index (χ3v) is 6.60. The van der Waals surface area contributed by atoms with Crippen LogP contribution in [0.3, 0.4) is 0 Å². The third kappa shape index (κ3) is 5.05. The van der Waals surface area contributed by atoms with Crippen LogP contribution in [0.1, 0.15) is 40.6 Å². The van der Waals surface area contributed by atoms with Gasteiger partial charge in [-0.3, -0.25) is 4.90 Å². The molecule has 0 bridgehead atoms. The van der Waals surface area contributed by atoms with Crippen molar-refractivity contribution in [1.29, 1.82) is 0 Å². The van der Waals surface area contributed by atoms with Crippen LogP contribution in [0.15, 0.2) is 28.7 Å². The molecule has 0 aromatic carbocycles. The van der Waals surface area contributed by atoms with Gasteiger partial charge in [0.05, 0.1) is 6.54 Å². The van der Waals surface area contributed by atoms with E-state index in [0.29, 0.717) is 18.5 Å². The van der Waals surface area contributed by atoms with E-state index in [9.17, 15) is 0 Å². The van der Waals surface area contributed by atoms with Crippen LogP contribution in [0.2, 0.25) is 0 Å². The van der Waals surface area contributed by atoms with Crippen molar-refractivity contribution in [3.05, 3.63) is 38.5 Å². The lowest BCUT2D eigenvalue weighted by Crippen LogP contribution is -2.44. The highest BCUT2D eigenvalue weighted by Gasteiger charge is 2.31. The van der Waals surface area contributed by atoms with E-state index in [-0.39, 0.29) is 0 Å². The van der Waals surface area contributed by atoms with Gasteiger partial charge in [-0.2, -0.15) is 0 Å². The molecule has 7 heteroatoms. The molecule has 0 amide bonds. The lowest BCUT2D eigenvalue weighted by molar-refractivity contribution is 0.125. The highest BCUT2D eigenvalue weighted by molar-refractivity contribution is 7.11. The normalized spacial score (nSPS) is 21.7. The molecule has 0 spiro atoms. The lowest BCUT2D eigenvalue weighted by atomic mass is 9.88. The van der Waals surface area contributed by atoms with Gasteiger partial charge in [0.2, 0.25) is 0 Å². The summed E-state index contributed by atoms with van der Waals surface area (Å²) in [6, 6.07) is 4.93. The van der Waals surface area contributed by atoms with Gasteiger partial charge in [-0.15, -0.1) is 22.7 Å². The number of thiazole rings is 1. The van der Waals surface area contributed by atoms with Gasteiger partial charge in [-0.25, -0.2) is 9.98 Å². The minimum absolute atomic E-state index is 0.501. The van der Waals surface area contributed by atoms with E-state index in [1.165, 1.54) is 29.1 Å². The number of thiophene rings is 1. The molecule has 0 aliphatic carbocycles. The van der Waals surface area contributed by atoms with Crippen molar-refractivity contribution >= 4 is 28.6 Å². The maximum absolute atomic E-state index is 4.72. The van der Waals surface area contributed by atoms with E-state index in [0.717, 1.165) is 24.1 Å². The van der Waals surface area contributed by atoms with Crippen LogP contribution in [0.4, 0.5) is 0 Å². The molecular formula is C19H29N5S2. The number of hydrogen-bond acceptors (Lipinski definition) is 5. The molecule has 1 aliphatic rings. The van der Waals surface area contributed by atoms with Crippen LogP contribution in [-0.4, -0.2) is 42.5 Å². The molecule has 1 aliphatic heterocycles. The Bertz CT molecular complexity index is 695. The van der Waals surface area contributed by atoms with E-state index >= 15 is 0 Å². The Morgan fingerprint density at radius 2 is 2.31 bits per heavy atom. The second-order valence-electron chi connectivity index (χ2n) is 6.78. The molecule has 0 saturated carbocycles. The zero-order valence-corrected chi connectivity index (χ0v) is 17.5. The van der Waals surface area contributed by atoms with Gasteiger partial charge in [0, 0.05) is 35.1 Å². The van der Waals surface area contributed by atoms with Gasteiger partial charge in [-0.05, 0) is 57.6 Å². The van der Waals surface area contributed by atoms with Crippen LogP contribution in [0, 0.1) is 12.8 Å². The van der Waals surface area contributed by atoms with Crippen LogP contribution < -0.4 is 10.6 Å². The molecule has 142 valence electrons. The summed E-state index contributed by atoms with van der Waals surface area (Å²) in [6.07, 6.45) is 4.43. The number of guanidine groups is 1. The van der Waals surface area contributed by atoms with E-state index in [4.69, 9.17) is 4.99 Å². The predicted molar refractivity (Wildman–Crippen MR) is 112 cm³/mol. The maximum Gasteiger partial charge on any atom is 0.191 e. The van der Waals surface area contributed by atoms with E-state index in [1.54, 1.807) is 11.3 Å². The number of nitrogens with one attached hydrogen (secondary N) is 2. The first-order valence-corrected chi connectivity index (χ1v) is 11.0. The highest BCUT2D eigenvalue weighted by atomic mass is 32.1. The molecule has 1 saturated heterocycles. The lowest BCUT2D eigenvalue weighted by Gasteiger charge is -2.39. The van der Waals surface area contributed by atoms with Gasteiger partial charge >= 0.3 is 0 Å². The molecule has 0 radical (unpaired) electrons. The van der Waals surface area contributed by atoms with E-state index < -0.39 is 0 Å². The minimum Gasteiger partial charge on any atom is -0.357 e. The van der Waals surface area contributed by atoms with Gasteiger partial charge < -0.3 is 10.6 Å². The first-order valence-electron chi connectivity index (χ1n) is 9.34. The second kappa shape index (κ2) is 9.48. The largest absolute Gasteiger partial charge is 0.357 e. The minimum atomic E-state index is 0.501. The van der Waals surface area contributed by atoms with Crippen LogP contribution in [0.5, 0.6) is 0 Å². The van der Waals surface area contributed by atoms with E-state index in [2.05, 4.69) is 58.9 Å². The third-order valence-electron chi connectivity index (χ3n) is 4.76. The predicted octanol–water partition coefficient (Wildman–Crippen LogP) is 3.65. The Balaban J connectivity index is 1.63.